The van der Waals surface area contributed by atoms with E-state index in [4.69, 9.17) is 14.2 Å². The zero-order valence-electron chi connectivity index (χ0n) is 23.2. The molecule has 3 N–H and O–H groups in total. The summed E-state index contributed by atoms with van der Waals surface area (Å²) in [5.41, 5.74) is -2.92. The molecule has 2 bridgehead atoms. The summed E-state index contributed by atoms with van der Waals surface area (Å²) < 4.78 is 17.0. The normalized spacial score (nSPS) is 45.2. The van der Waals surface area contributed by atoms with Crippen LogP contribution >= 0.6 is 0 Å². The first-order valence-electron chi connectivity index (χ1n) is 13.6. The number of esters is 2. The molecule has 10 heteroatoms. The lowest BCUT2D eigenvalue weighted by Crippen LogP contribution is -2.77. The number of carbonyl (C=O) groups excluding carboxylic acids is 4. The van der Waals surface area contributed by atoms with E-state index in [0.29, 0.717) is 12.0 Å². The summed E-state index contributed by atoms with van der Waals surface area (Å²) in [4.78, 5) is 53.1. The van der Waals surface area contributed by atoms with Crippen molar-refractivity contribution in [3.05, 3.63) is 23.0 Å². The van der Waals surface area contributed by atoms with Crippen LogP contribution in [0.4, 0.5) is 0 Å². The Kier molecular flexibility index (Phi) is 6.44. The third-order valence-corrected chi connectivity index (χ3v) is 10.8. The Labute approximate surface area is 227 Å². The predicted octanol–water partition coefficient (Wildman–Crippen LogP) is 1.82. The van der Waals surface area contributed by atoms with Gasteiger partial charge in [-0.05, 0) is 49.0 Å². The quantitative estimate of drug-likeness (QED) is 0.351. The molecule has 5 rings (SSSR count). The van der Waals surface area contributed by atoms with Crippen molar-refractivity contribution in [2.75, 3.05) is 13.7 Å². The molecule has 0 aromatic heterocycles. The first-order chi connectivity index (χ1) is 18.2. The van der Waals surface area contributed by atoms with Crippen LogP contribution in [0.5, 0.6) is 0 Å². The lowest BCUT2D eigenvalue weighted by atomic mass is 9.35. The number of hydrogen-bond acceptors (Lipinski definition) is 10. The summed E-state index contributed by atoms with van der Waals surface area (Å²) in [6, 6.07) is 0. The molecule has 1 spiro atoms. The van der Waals surface area contributed by atoms with E-state index in [0.717, 1.165) is 12.7 Å². The number of ketones is 2. The summed E-state index contributed by atoms with van der Waals surface area (Å²) >= 11 is 0. The number of aliphatic hydroxyl groups excluding tert-OH is 3. The summed E-state index contributed by atoms with van der Waals surface area (Å²) in [6.07, 6.45) is -3.13. The van der Waals surface area contributed by atoms with E-state index in [-0.39, 0.29) is 37.0 Å². The van der Waals surface area contributed by atoms with Gasteiger partial charge < -0.3 is 29.5 Å². The Balaban J connectivity index is 1.71. The molecule has 4 aliphatic carbocycles. The van der Waals surface area contributed by atoms with Gasteiger partial charge in [-0.3, -0.25) is 9.59 Å². The highest BCUT2D eigenvalue weighted by atomic mass is 16.6. The molecule has 39 heavy (non-hydrogen) atoms. The second-order valence-electron chi connectivity index (χ2n) is 12.8. The molecule has 1 unspecified atom stereocenters. The molecule has 4 fully saturated rings. The monoisotopic (exact) mass is 546 g/mol. The number of aliphatic hydroxyl groups is 3. The lowest BCUT2D eigenvalue weighted by molar-refractivity contribution is -0.266. The number of hydrogen-bond donors (Lipinski definition) is 3. The van der Waals surface area contributed by atoms with Crippen molar-refractivity contribution >= 4 is 23.5 Å². The first-order valence-corrected chi connectivity index (χ1v) is 13.6. The molecule has 0 aromatic carbocycles. The zero-order chi connectivity index (χ0) is 28.8. The molecule has 0 radical (unpaired) electrons. The van der Waals surface area contributed by atoms with Crippen LogP contribution in [0.25, 0.3) is 0 Å². The molecular formula is C29H38O10. The van der Waals surface area contributed by atoms with Gasteiger partial charge in [-0.25, -0.2) is 9.59 Å². The molecule has 1 saturated heterocycles. The minimum Gasteiger partial charge on any atom is -0.504 e. The van der Waals surface area contributed by atoms with Gasteiger partial charge in [-0.15, -0.1) is 0 Å². The van der Waals surface area contributed by atoms with Crippen LogP contribution in [0.15, 0.2) is 23.0 Å². The summed E-state index contributed by atoms with van der Waals surface area (Å²) in [6.45, 7) is 9.04. The molecule has 10 atom stereocenters. The highest BCUT2D eigenvalue weighted by molar-refractivity contribution is 5.96. The largest absolute Gasteiger partial charge is 0.504 e. The van der Waals surface area contributed by atoms with E-state index >= 15 is 0 Å². The van der Waals surface area contributed by atoms with Gasteiger partial charge >= 0.3 is 11.9 Å². The van der Waals surface area contributed by atoms with Gasteiger partial charge in [-0.2, -0.15) is 0 Å². The van der Waals surface area contributed by atoms with Crippen LogP contribution in [0, 0.1) is 40.4 Å². The van der Waals surface area contributed by atoms with Crippen molar-refractivity contribution in [2.45, 2.75) is 77.8 Å². The number of methoxy groups -OCH3 is 1. The maximum Gasteiger partial charge on any atom is 0.341 e. The van der Waals surface area contributed by atoms with E-state index in [1.54, 1.807) is 13.8 Å². The molecule has 5 aliphatic rings. The van der Waals surface area contributed by atoms with Crippen LogP contribution in [0.1, 0.15) is 53.9 Å². The first kappa shape index (κ1) is 28.0. The number of ether oxygens (including phenoxy) is 3. The fraction of sp³-hybridized carbons (Fsp3) is 0.724. The highest BCUT2D eigenvalue weighted by Gasteiger charge is 2.83. The van der Waals surface area contributed by atoms with Gasteiger partial charge in [0.25, 0.3) is 0 Å². The second kappa shape index (κ2) is 8.97. The Morgan fingerprint density at radius 2 is 1.85 bits per heavy atom. The fourth-order valence-electron chi connectivity index (χ4n) is 8.91. The average molecular weight is 547 g/mol. The van der Waals surface area contributed by atoms with Crippen LogP contribution < -0.4 is 0 Å². The van der Waals surface area contributed by atoms with Gasteiger partial charge in [0.2, 0.25) is 5.60 Å². The van der Waals surface area contributed by atoms with E-state index in [1.807, 2.05) is 20.8 Å². The van der Waals surface area contributed by atoms with E-state index < -0.39 is 76.0 Å². The number of fused-ring (bicyclic) bond motifs is 2. The van der Waals surface area contributed by atoms with Gasteiger partial charge in [0, 0.05) is 30.3 Å². The van der Waals surface area contributed by atoms with Crippen LogP contribution in [-0.2, 0) is 33.4 Å². The third-order valence-electron chi connectivity index (χ3n) is 10.8. The van der Waals surface area contributed by atoms with Crippen molar-refractivity contribution in [2.24, 2.45) is 40.4 Å². The third kappa shape index (κ3) is 3.43. The zero-order valence-corrected chi connectivity index (χ0v) is 23.2. The fourth-order valence-corrected chi connectivity index (χ4v) is 8.91. The molecule has 10 nitrogen and oxygen atoms in total. The summed E-state index contributed by atoms with van der Waals surface area (Å²) in [5, 5.41) is 33.9. The lowest BCUT2D eigenvalue weighted by Gasteiger charge is -2.68. The van der Waals surface area contributed by atoms with Gasteiger partial charge in [-0.1, -0.05) is 26.3 Å². The standard InChI is InChI=1S/C29H38O10/c1-12(2)13(3)7-19(32)39-22-17(30)9-15-8-16-14(4)20(33)18(31)10-27(16,5)23-21(34)25(35)29(26(36)37-6)24(22)28(15,23)11-38-29/h7,12,15-16,21-25,33-35H,8-11H2,1-6H3/b13-7+/t15-,16?,21+,22-,23+,24+,25-,27-,28+,29-/m0/s1. The van der Waals surface area contributed by atoms with Crippen molar-refractivity contribution < 1.29 is 48.7 Å². The minimum absolute atomic E-state index is 0.00415. The maximum absolute atomic E-state index is 13.7. The minimum atomic E-state index is -2.14. The van der Waals surface area contributed by atoms with Crippen molar-refractivity contribution in [3.63, 3.8) is 0 Å². The molecule has 0 aromatic rings. The van der Waals surface area contributed by atoms with E-state index in [1.165, 1.54) is 6.08 Å². The Morgan fingerprint density at radius 1 is 1.18 bits per heavy atom. The Morgan fingerprint density at radius 3 is 2.46 bits per heavy atom. The smallest absolute Gasteiger partial charge is 0.341 e. The number of carbonyl (C=O) groups is 4. The molecule has 3 saturated carbocycles. The highest BCUT2D eigenvalue weighted by Crippen LogP contribution is 2.74. The molecule has 214 valence electrons. The van der Waals surface area contributed by atoms with Gasteiger partial charge in [0.05, 0.1) is 25.7 Å². The maximum atomic E-state index is 13.7. The van der Waals surface area contributed by atoms with E-state index in [9.17, 15) is 34.5 Å². The summed E-state index contributed by atoms with van der Waals surface area (Å²) in [7, 11) is 1.13. The average Bonchev–Trinajstić information content (AvgIpc) is 3.18. The Hall–Kier alpha value is -2.56. The van der Waals surface area contributed by atoms with Crippen LogP contribution in [0.2, 0.25) is 0 Å². The van der Waals surface area contributed by atoms with Crippen LogP contribution in [-0.4, -0.2) is 76.5 Å². The molecular weight excluding hydrogens is 508 g/mol. The van der Waals surface area contributed by atoms with Crippen molar-refractivity contribution in [1.29, 1.82) is 0 Å². The number of allylic oxidation sites excluding steroid dienone is 3. The van der Waals surface area contributed by atoms with Crippen LogP contribution in [0.3, 0.4) is 0 Å². The second-order valence-corrected chi connectivity index (χ2v) is 12.8. The van der Waals surface area contributed by atoms with E-state index in [2.05, 4.69) is 0 Å². The number of Topliss-reactive ketones (excluding diaryl/α,β-unsaturated/α-hetero) is 2. The predicted molar refractivity (Wildman–Crippen MR) is 135 cm³/mol. The molecule has 1 heterocycles. The van der Waals surface area contributed by atoms with Gasteiger partial charge in [0.15, 0.2) is 23.4 Å². The topological polar surface area (TPSA) is 157 Å². The Bertz CT molecular complexity index is 1200. The van der Waals surface area contributed by atoms with Crippen molar-refractivity contribution in [3.8, 4) is 0 Å². The van der Waals surface area contributed by atoms with Crippen molar-refractivity contribution in [1.82, 2.24) is 0 Å². The summed E-state index contributed by atoms with van der Waals surface area (Å²) in [5.74, 6) is -5.55. The SMILES string of the molecule is COC(=O)[C@]12OC[C@]34[C@H](CC(=O)[C@H](OC(=O)/C=C(\C)C(C)C)[C@@H]13)CC1C(C)=C(O)C(=O)C[C@]1(C)[C@H]4[C@@H](O)[C@@H]2O. The molecule has 0 amide bonds. The molecule has 1 aliphatic heterocycles. The number of rotatable bonds is 4. The van der Waals surface area contributed by atoms with Gasteiger partial charge in [0.1, 0.15) is 6.10 Å².